The summed E-state index contributed by atoms with van der Waals surface area (Å²) in [6.07, 6.45) is 2.83. The van der Waals surface area contributed by atoms with Crippen molar-refractivity contribution in [2.24, 2.45) is 5.73 Å². The first-order valence-corrected chi connectivity index (χ1v) is 5.58. The molecule has 0 amide bonds. The van der Waals surface area contributed by atoms with E-state index in [1.807, 2.05) is 18.2 Å². The van der Waals surface area contributed by atoms with Crippen LogP contribution >= 0.6 is 0 Å². The van der Waals surface area contributed by atoms with Crippen molar-refractivity contribution >= 4 is 20.2 Å². The Hall–Kier alpha value is -0.631. The van der Waals surface area contributed by atoms with E-state index in [0.29, 0.717) is 0 Å². The second-order valence-electron chi connectivity index (χ2n) is 3.32. The van der Waals surface area contributed by atoms with E-state index in [2.05, 4.69) is 27.7 Å². The number of benzene rings is 1. The van der Waals surface area contributed by atoms with Gasteiger partial charge in [-0.15, -0.1) is 0 Å². The summed E-state index contributed by atoms with van der Waals surface area (Å²) in [6.45, 7) is 0. The Kier molecular flexibility index (Phi) is 4.88. The van der Waals surface area contributed by atoms with Crippen molar-refractivity contribution in [3.05, 3.63) is 35.9 Å². The number of hydrogen-bond donors (Lipinski definition) is 2. The van der Waals surface area contributed by atoms with E-state index in [4.69, 9.17) is 10.8 Å². The van der Waals surface area contributed by atoms with Crippen LogP contribution in [-0.4, -0.2) is 31.3 Å². The molecule has 3 N–H and O–H groups in total. The molecule has 1 aromatic rings. The molecule has 0 fully saturated rings. The van der Waals surface area contributed by atoms with Crippen molar-refractivity contribution in [1.29, 1.82) is 0 Å². The Morgan fingerprint density at radius 3 is 2.57 bits per heavy atom. The van der Waals surface area contributed by atoms with Gasteiger partial charge in [0, 0.05) is 0 Å². The van der Waals surface area contributed by atoms with Gasteiger partial charge in [-0.05, 0) is 0 Å². The molecule has 1 atom stereocenters. The van der Waals surface area contributed by atoms with Gasteiger partial charge in [-0.1, -0.05) is 0 Å². The number of hydrogen-bond acceptors (Lipinski definition) is 2. The Morgan fingerprint density at radius 1 is 1.36 bits per heavy atom. The predicted octanol–water partition coefficient (Wildman–Crippen LogP) is 1.01. The third-order valence-electron chi connectivity index (χ3n) is 2.14. The Labute approximate surface area is 92.5 Å². The van der Waals surface area contributed by atoms with Crippen molar-refractivity contribution in [2.45, 2.75) is 25.3 Å². The summed E-state index contributed by atoms with van der Waals surface area (Å²) < 4.78 is 0.207. The van der Waals surface area contributed by atoms with Gasteiger partial charge < -0.3 is 0 Å². The maximum atomic E-state index is 9.05. The zero-order valence-corrected chi connectivity index (χ0v) is 9.73. The Bertz CT molecular complexity index is 287. The average Bonchev–Trinajstić information content (AvgIpc) is 2.19. The van der Waals surface area contributed by atoms with Crippen LogP contribution in [0.15, 0.2) is 30.3 Å². The van der Waals surface area contributed by atoms with Crippen molar-refractivity contribution < 1.29 is 5.11 Å². The molecule has 0 aliphatic heterocycles. The first-order chi connectivity index (χ1) is 6.70. The summed E-state index contributed by atoms with van der Waals surface area (Å²) >= 11 is 2.54. The molecule has 0 aliphatic carbocycles. The van der Waals surface area contributed by atoms with Crippen LogP contribution in [0.3, 0.4) is 0 Å². The molecule has 2 nitrogen and oxygen atoms in total. The summed E-state index contributed by atoms with van der Waals surface area (Å²) in [6, 6.07) is 10.1. The van der Waals surface area contributed by atoms with Gasteiger partial charge in [-0.25, -0.2) is 0 Å². The molecule has 0 heterocycles. The van der Waals surface area contributed by atoms with Gasteiger partial charge in [0.25, 0.3) is 0 Å². The van der Waals surface area contributed by atoms with Gasteiger partial charge in [0.05, 0.1) is 0 Å². The van der Waals surface area contributed by atoms with Gasteiger partial charge in [-0.2, -0.15) is 0 Å². The number of rotatable bonds is 5. The molecule has 1 unspecified atom stereocenters. The molecule has 76 valence electrons. The van der Waals surface area contributed by atoms with Crippen LogP contribution in [0.1, 0.15) is 18.4 Å². The fourth-order valence-electron chi connectivity index (χ4n) is 1.29. The Morgan fingerprint density at radius 2 is 2.00 bits per heavy atom. The third-order valence-corrected chi connectivity index (χ3v) is 2.78. The first-order valence-electron chi connectivity index (χ1n) is 4.72. The first kappa shape index (κ1) is 11.4. The maximum absolute atomic E-state index is 9.05. The van der Waals surface area contributed by atoms with Crippen LogP contribution in [0.5, 0.6) is 0 Å². The normalized spacial score (nSPS) is 12.4. The fraction of sp³-hybridized carbons (Fsp3) is 0.364. The standard InChI is InChI=1S/C11H15NOSe/c12-10(11(13)14)8-4-7-9-5-2-1-3-6-9/h1-3,5-6,10H,4,7-8,12H2,(H,13,14). The second kappa shape index (κ2) is 5.97. The summed E-state index contributed by atoms with van der Waals surface area (Å²) in [5.74, 6) is 0. The van der Waals surface area contributed by atoms with Gasteiger partial charge in [-0.3, -0.25) is 0 Å². The number of nitrogens with two attached hydrogens (primary N) is 1. The van der Waals surface area contributed by atoms with Crippen molar-refractivity contribution in [2.75, 3.05) is 0 Å². The minimum atomic E-state index is -0.223. The van der Waals surface area contributed by atoms with E-state index in [-0.39, 0.29) is 10.6 Å². The fourth-order valence-corrected chi connectivity index (χ4v) is 1.54. The van der Waals surface area contributed by atoms with E-state index in [0.717, 1.165) is 19.3 Å². The quantitative estimate of drug-likeness (QED) is 0.772. The SMILES string of the molecule is NC(CCCc1ccccc1)C(O)=[Se]. The van der Waals surface area contributed by atoms with Gasteiger partial charge in [0.1, 0.15) is 0 Å². The third kappa shape index (κ3) is 4.05. The van der Waals surface area contributed by atoms with E-state index < -0.39 is 0 Å². The molecule has 0 saturated heterocycles. The minimum absolute atomic E-state index is 0.207. The van der Waals surface area contributed by atoms with Crippen LogP contribution in [0.2, 0.25) is 0 Å². The van der Waals surface area contributed by atoms with Gasteiger partial charge >= 0.3 is 92.2 Å². The molecule has 3 heteroatoms. The number of aliphatic hydroxyl groups excluding tert-OH is 1. The van der Waals surface area contributed by atoms with Gasteiger partial charge in [0.2, 0.25) is 0 Å². The molecule has 1 aromatic carbocycles. The molecule has 0 spiro atoms. The van der Waals surface area contributed by atoms with Gasteiger partial charge in [0.15, 0.2) is 0 Å². The van der Waals surface area contributed by atoms with Crippen molar-refractivity contribution in [3.63, 3.8) is 0 Å². The molecule has 0 saturated carbocycles. The molecule has 0 radical (unpaired) electrons. The van der Waals surface area contributed by atoms with E-state index in [9.17, 15) is 0 Å². The van der Waals surface area contributed by atoms with Crippen molar-refractivity contribution in [3.8, 4) is 0 Å². The summed E-state index contributed by atoms with van der Waals surface area (Å²) in [4.78, 5) is 0. The average molecular weight is 256 g/mol. The number of aliphatic hydroxyl groups is 1. The molecule has 14 heavy (non-hydrogen) atoms. The molecule has 0 bridgehead atoms. The summed E-state index contributed by atoms with van der Waals surface area (Å²) in [5.41, 5.74) is 6.98. The molecular weight excluding hydrogens is 241 g/mol. The Balaban J connectivity index is 2.26. The molecule has 1 rings (SSSR count). The van der Waals surface area contributed by atoms with Crippen LogP contribution in [0.4, 0.5) is 0 Å². The summed E-state index contributed by atoms with van der Waals surface area (Å²) in [5, 5.41) is 9.05. The topological polar surface area (TPSA) is 46.2 Å². The van der Waals surface area contributed by atoms with E-state index in [1.54, 1.807) is 0 Å². The van der Waals surface area contributed by atoms with Crippen molar-refractivity contribution in [1.82, 2.24) is 0 Å². The van der Waals surface area contributed by atoms with Crippen LogP contribution in [0.25, 0.3) is 0 Å². The predicted molar refractivity (Wildman–Crippen MR) is 60.1 cm³/mol. The van der Waals surface area contributed by atoms with E-state index >= 15 is 0 Å². The molecule has 0 aliphatic rings. The molecular formula is C11H15NOSe. The van der Waals surface area contributed by atoms with E-state index in [1.165, 1.54) is 5.56 Å². The van der Waals surface area contributed by atoms with Crippen LogP contribution in [-0.2, 0) is 6.42 Å². The van der Waals surface area contributed by atoms with Crippen LogP contribution in [0, 0.1) is 0 Å². The summed E-state index contributed by atoms with van der Waals surface area (Å²) in [7, 11) is 0. The van der Waals surface area contributed by atoms with Crippen LogP contribution < -0.4 is 5.73 Å². The number of aryl methyl sites for hydroxylation is 1. The zero-order chi connectivity index (χ0) is 10.4. The molecule has 0 aromatic heterocycles. The zero-order valence-electron chi connectivity index (χ0n) is 8.02. The second-order valence-corrected chi connectivity index (χ2v) is 4.20. The monoisotopic (exact) mass is 257 g/mol.